The third-order valence-electron chi connectivity index (χ3n) is 3.53. The average Bonchev–Trinajstić information content (AvgIpc) is 2.27. The molecule has 0 radical (unpaired) electrons. The van der Waals surface area contributed by atoms with Gasteiger partial charge in [0.25, 0.3) is 0 Å². The lowest BCUT2D eigenvalue weighted by molar-refractivity contribution is -0.136. The van der Waals surface area contributed by atoms with Gasteiger partial charge in [0.1, 0.15) is 0 Å². The van der Waals surface area contributed by atoms with Crippen LogP contribution in [0.25, 0.3) is 0 Å². The van der Waals surface area contributed by atoms with Crippen molar-refractivity contribution in [1.29, 1.82) is 0 Å². The van der Waals surface area contributed by atoms with Crippen LogP contribution in [0, 0.1) is 5.92 Å². The second-order valence-corrected chi connectivity index (χ2v) is 5.90. The van der Waals surface area contributed by atoms with Crippen LogP contribution in [-0.2, 0) is 9.53 Å². The predicted molar refractivity (Wildman–Crippen MR) is 69.9 cm³/mol. The van der Waals surface area contributed by atoms with Crippen molar-refractivity contribution in [3.8, 4) is 0 Å². The third-order valence-corrected chi connectivity index (χ3v) is 3.53. The lowest BCUT2D eigenvalue weighted by Crippen LogP contribution is -2.45. The van der Waals surface area contributed by atoms with E-state index in [1.165, 1.54) is 0 Å². The zero-order valence-corrected chi connectivity index (χ0v) is 11.8. The summed E-state index contributed by atoms with van der Waals surface area (Å²) in [6.45, 7) is 10.9. The first-order chi connectivity index (χ1) is 7.95. The van der Waals surface area contributed by atoms with Crippen molar-refractivity contribution in [2.24, 2.45) is 5.92 Å². The molecule has 3 heteroatoms. The first kappa shape index (κ1) is 14.5. The van der Waals surface area contributed by atoms with Crippen molar-refractivity contribution < 1.29 is 9.53 Å². The molecule has 0 atom stereocenters. The Morgan fingerprint density at radius 1 is 1.29 bits per heavy atom. The summed E-state index contributed by atoms with van der Waals surface area (Å²) in [5.41, 5.74) is -0.0541. The number of carbonyl (C=O) groups excluding carboxylic acids is 1. The molecule has 0 spiro atoms. The Morgan fingerprint density at radius 2 is 1.88 bits per heavy atom. The van der Waals surface area contributed by atoms with Gasteiger partial charge < -0.3 is 9.64 Å². The Kier molecular flexibility index (Phi) is 5.44. The van der Waals surface area contributed by atoms with E-state index in [9.17, 15) is 4.79 Å². The maximum absolute atomic E-state index is 12.2. The van der Waals surface area contributed by atoms with Crippen LogP contribution < -0.4 is 0 Å². The largest absolute Gasteiger partial charge is 0.381 e. The topological polar surface area (TPSA) is 29.5 Å². The molecule has 1 aliphatic heterocycles. The van der Waals surface area contributed by atoms with Crippen molar-refractivity contribution >= 4 is 5.91 Å². The number of hydrogen-bond donors (Lipinski definition) is 0. The first-order valence-electron chi connectivity index (χ1n) is 6.83. The highest BCUT2D eigenvalue weighted by atomic mass is 16.5. The van der Waals surface area contributed by atoms with E-state index in [4.69, 9.17) is 4.74 Å². The quantitative estimate of drug-likeness (QED) is 0.757. The number of rotatable bonds is 4. The lowest BCUT2D eigenvalue weighted by Gasteiger charge is -2.35. The van der Waals surface area contributed by atoms with Crippen LogP contribution in [0.15, 0.2) is 0 Å². The molecule has 100 valence electrons. The fourth-order valence-electron chi connectivity index (χ4n) is 2.52. The lowest BCUT2D eigenvalue weighted by atomic mass is 9.94. The minimum absolute atomic E-state index is 0.0541. The van der Waals surface area contributed by atoms with Crippen LogP contribution in [-0.4, -0.2) is 36.1 Å². The fraction of sp³-hybridized carbons (Fsp3) is 0.929. The minimum atomic E-state index is -0.0541. The van der Waals surface area contributed by atoms with E-state index >= 15 is 0 Å². The van der Waals surface area contributed by atoms with Crippen LogP contribution in [0.4, 0.5) is 0 Å². The Balaban J connectivity index is 2.36. The second-order valence-electron chi connectivity index (χ2n) is 5.90. The molecular formula is C14H27NO2. The number of hydrogen-bond acceptors (Lipinski definition) is 2. The summed E-state index contributed by atoms with van der Waals surface area (Å²) >= 11 is 0. The van der Waals surface area contributed by atoms with Crippen LogP contribution in [0.5, 0.6) is 0 Å². The summed E-state index contributed by atoms with van der Waals surface area (Å²) in [7, 11) is 0. The van der Waals surface area contributed by atoms with Crippen molar-refractivity contribution in [2.45, 2.75) is 58.9 Å². The summed E-state index contributed by atoms with van der Waals surface area (Å²) in [6, 6.07) is 0. The molecule has 1 heterocycles. The minimum Gasteiger partial charge on any atom is -0.381 e. The smallest absolute Gasteiger partial charge is 0.222 e. The van der Waals surface area contributed by atoms with Gasteiger partial charge in [0, 0.05) is 31.7 Å². The molecule has 0 bridgehead atoms. The molecule has 1 amide bonds. The van der Waals surface area contributed by atoms with Crippen molar-refractivity contribution in [3.63, 3.8) is 0 Å². The van der Waals surface area contributed by atoms with Gasteiger partial charge in [0.15, 0.2) is 0 Å². The number of carbonyl (C=O) groups is 1. The number of nitrogens with zero attached hydrogens (tertiary/aromatic N) is 1. The van der Waals surface area contributed by atoms with Crippen LogP contribution >= 0.6 is 0 Å². The van der Waals surface area contributed by atoms with E-state index < -0.39 is 0 Å². The molecule has 0 N–H and O–H groups in total. The summed E-state index contributed by atoms with van der Waals surface area (Å²) in [4.78, 5) is 14.1. The molecule has 1 rings (SSSR count). The molecule has 1 aliphatic rings. The van der Waals surface area contributed by atoms with Gasteiger partial charge in [-0.25, -0.2) is 0 Å². The Bertz CT molecular complexity index is 239. The first-order valence-corrected chi connectivity index (χ1v) is 6.83. The maximum Gasteiger partial charge on any atom is 0.222 e. The van der Waals surface area contributed by atoms with Crippen molar-refractivity contribution in [3.05, 3.63) is 0 Å². The van der Waals surface area contributed by atoms with Gasteiger partial charge in [-0.3, -0.25) is 4.79 Å². The van der Waals surface area contributed by atoms with Crippen LogP contribution in [0.2, 0.25) is 0 Å². The fourth-order valence-corrected chi connectivity index (χ4v) is 2.52. The van der Waals surface area contributed by atoms with Gasteiger partial charge in [-0.15, -0.1) is 0 Å². The molecule has 1 saturated heterocycles. The van der Waals surface area contributed by atoms with Crippen molar-refractivity contribution in [1.82, 2.24) is 4.90 Å². The average molecular weight is 241 g/mol. The summed E-state index contributed by atoms with van der Waals surface area (Å²) in [5.74, 6) is 0.984. The van der Waals surface area contributed by atoms with Crippen molar-refractivity contribution in [2.75, 3.05) is 19.8 Å². The Hall–Kier alpha value is -0.570. The summed E-state index contributed by atoms with van der Waals surface area (Å²) in [5, 5.41) is 0. The van der Waals surface area contributed by atoms with Gasteiger partial charge in [0.05, 0.1) is 0 Å². The Morgan fingerprint density at radius 3 is 2.35 bits per heavy atom. The highest BCUT2D eigenvalue weighted by molar-refractivity contribution is 5.76. The highest BCUT2D eigenvalue weighted by Crippen LogP contribution is 2.22. The maximum atomic E-state index is 12.2. The van der Waals surface area contributed by atoms with Crippen LogP contribution in [0.1, 0.15) is 53.4 Å². The standard InChI is InChI=1S/C14H27NO2/c1-5-15(14(2,3)4)13(16)7-6-12-8-10-17-11-9-12/h12H,5-11H2,1-4H3. The molecule has 3 nitrogen and oxygen atoms in total. The van der Waals surface area contributed by atoms with E-state index in [-0.39, 0.29) is 5.54 Å². The van der Waals surface area contributed by atoms with E-state index in [0.717, 1.165) is 39.0 Å². The zero-order chi connectivity index (χ0) is 12.9. The zero-order valence-electron chi connectivity index (χ0n) is 11.8. The van der Waals surface area contributed by atoms with Gasteiger partial charge in [-0.2, -0.15) is 0 Å². The molecule has 0 aromatic rings. The van der Waals surface area contributed by atoms with E-state index in [0.29, 0.717) is 18.2 Å². The number of amides is 1. The molecule has 0 aliphatic carbocycles. The molecule has 0 aromatic heterocycles. The predicted octanol–water partition coefficient (Wildman–Crippen LogP) is 2.84. The van der Waals surface area contributed by atoms with Gasteiger partial charge in [-0.1, -0.05) is 0 Å². The van der Waals surface area contributed by atoms with Gasteiger partial charge >= 0.3 is 0 Å². The monoisotopic (exact) mass is 241 g/mol. The second kappa shape index (κ2) is 6.39. The van der Waals surface area contributed by atoms with Gasteiger partial charge in [-0.05, 0) is 52.9 Å². The van der Waals surface area contributed by atoms with E-state index in [1.807, 2.05) is 4.90 Å². The third kappa shape index (κ3) is 4.66. The Labute approximate surface area is 106 Å². The molecule has 0 saturated carbocycles. The van der Waals surface area contributed by atoms with E-state index in [1.54, 1.807) is 0 Å². The van der Waals surface area contributed by atoms with Crippen LogP contribution in [0.3, 0.4) is 0 Å². The van der Waals surface area contributed by atoms with E-state index in [2.05, 4.69) is 27.7 Å². The highest BCUT2D eigenvalue weighted by Gasteiger charge is 2.25. The molecule has 0 aromatic carbocycles. The summed E-state index contributed by atoms with van der Waals surface area (Å²) in [6.07, 6.45) is 3.95. The molecule has 1 fully saturated rings. The normalized spacial score (nSPS) is 18.1. The van der Waals surface area contributed by atoms with Gasteiger partial charge in [0.2, 0.25) is 5.91 Å². The molecular weight excluding hydrogens is 214 g/mol. The molecule has 17 heavy (non-hydrogen) atoms. The molecule has 0 unspecified atom stereocenters. The summed E-state index contributed by atoms with van der Waals surface area (Å²) < 4.78 is 5.33. The number of ether oxygens (including phenoxy) is 1. The SMILES string of the molecule is CCN(C(=O)CCC1CCOCC1)C(C)(C)C.